The first-order valence-electron chi connectivity index (χ1n) is 14.8. The van der Waals surface area contributed by atoms with Crippen LogP contribution in [0.1, 0.15) is 58.1 Å². The Morgan fingerprint density at radius 3 is 2.84 bits per heavy atom. The number of nitrogens with zero attached hydrogens (tertiary/aromatic N) is 4. The van der Waals surface area contributed by atoms with Gasteiger partial charge in [-0.3, -0.25) is 4.90 Å². The van der Waals surface area contributed by atoms with Gasteiger partial charge in [-0.15, -0.1) is 0 Å². The third-order valence-electron chi connectivity index (χ3n) is 8.47. The lowest BCUT2D eigenvalue weighted by atomic mass is 9.91. The summed E-state index contributed by atoms with van der Waals surface area (Å²) in [6.07, 6.45) is 6.40. The van der Waals surface area contributed by atoms with Crippen molar-refractivity contribution in [2.75, 3.05) is 40.0 Å². The number of rotatable bonds is 9. The van der Waals surface area contributed by atoms with Gasteiger partial charge in [0.1, 0.15) is 17.9 Å². The first-order valence-corrected chi connectivity index (χ1v) is 14.8. The summed E-state index contributed by atoms with van der Waals surface area (Å²) < 4.78 is 24.8. The van der Waals surface area contributed by atoms with Crippen molar-refractivity contribution in [3.63, 3.8) is 0 Å². The Kier molecular flexibility index (Phi) is 8.60. The lowest BCUT2D eigenvalue weighted by Crippen LogP contribution is -2.42. The average Bonchev–Trinajstić information content (AvgIpc) is 3.47. The summed E-state index contributed by atoms with van der Waals surface area (Å²) in [5.74, 6) is 0.322. The average molecular weight is 587 g/mol. The monoisotopic (exact) mass is 586 g/mol. The maximum Gasteiger partial charge on any atom is 0.342 e. The van der Waals surface area contributed by atoms with Crippen molar-refractivity contribution in [2.45, 2.75) is 52.4 Å². The molecule has 3 aliphatic rings. The second-order valence-corrected chi connectivity index (χ2v) is 11.3. The van der Waals surface area contributed by atoms with Gasteiger partial charge in [0.2, 0.25) is 5.88 Å². The molecule has 3 aromatic rings. The van der Waals surface area contributed by atoms with Crippen LogP contribution in [0.4, 0.5) is 0 Å². The molecule has 1 aromatic carbocycles. The normalized spacial score (nSPS) is 19.1. The largest absolute Gasteiger partial charge is 0.488 e. The quantitative estimate of drug-likeness (QED) is 0.381. The molecule has 1 saturated heterocycles. The predicted octanol–water partition coefficient (Wildman–Crippen LogP) is 4.72. The van der Waals surface area contributed by atoms with E-state index in [0.717, 1.165) is 55.9 Å². The molecule has 1 atom stereocenters. The minimum Gasteiger partial charge on any atom is -0.488 e. The minimum absolute atomic E-state index is 0.0210. The van der Waals surface area contributed by atoms with Crippen molar-refractivity contribution in [3.05, 3.63) is 87.4 Å². The first kappa shape index (κ1) is 29.1. The number of hydrogen-bond acceptors (Lipinski definition) is 8. The van der Waals surface area contributed by atoms with E-state index >= 15 is 0 Å². The van der Waals surface area contributed by atoms with Crippen molar-refractivity contribution in [1.82, 2.24) is 19.7 Å². The van der Waals surface area contributed by atoms with Crippen LogP contribution in [0.5, 0.6) is 5.88 Å². The molecule has 0 saturated carbocycles. The number of aromatic carboxylic acids is 1. The molecular formula is C33H38N4O6. The van der Waals surface area contributed by atoms with Crippen LogP contribution >= 0.6 is 0 Å². The van der Waals surface area contributed by atoms with Crippen molar-refractivity contribution < 1.29 is 28.8 Å². The van der Waals surface area contributed by atoms with E-state index in [2.05, 4.69) is 42.1 Å². The van der Waals surface area contributed by atoms with Crippen molar-refractivity contribution in [3.8, 4) is 11.7 Å². The summed E-state index contributed by atoms with van der Waals surface area (Å²) in [5, 5.41) is 13.7. The SMILES string of the molecule is COc1c(C(=O)O)cnn1-c1cccc(C2=CCCC(C)=C2OCc2ccc3c(c2C)CCN(CC2COCCO2)C3)n1. The van der Waals surface area contributed by atoms with Crippen LogP contribution in [0.25, 0.3) is 11.4 Å². The molecule has 2 aromatic heterocycles. The number of carbonyl (C=O) groups is 1. The molecule has 43 heavy (non-hydrogen) atoms. The molecule has 10 heteroatoms. The van der Waals surface area contributed by atoms with Crippen LogP contribution in [0.15, 0.2) is 53.9 Å². The summed E-state index contributed by atoms with van der Waals surface area (Å²) >= 11 is 0. The summed E-state index contributed by atoms with van der Waals surface area (Å²) in [7, 11) is 1.42. The van der Waals surface area contributed by atoms with Gasteiger partial charge >= 0.3 is 5.97 Å². The van der Waals surface area contributed by atoms with Gasteiger partial charge in [0.15, 0.2) is 5.82 Å². The maximum atomic E-state index is 11.6. The van der Waals surface area contributed by atoms with E-state index in [1.807, 2.05) is 12.1 Å². The molecule has 1 fully saturated rings. The summed E-state index contributed by atoms with van der Waals surface area (Å²) in [6.45, 7) is 9.65. The molecular weight excluding hydrogens is 548 g/mol. The number of fused-ring (bicyclic) bond motifs is 1. The molecule has 0 spiro atoms. The topological polar surface area (TPSA) is 108 Å². The zero-order valence-electron chi connectivity index (χ0n) is 25.0. The molecule has 10 nitrogen and oxygen atoms in total. The Morgan fingerprint density at radius 2 is 2.05 bits per heavy atom. The molecule has 0 radical (unpaired) electrons. The van der Waals surface area contributed by atoms with Gasteiger partial charge in [-0.05, 0) is 73.1 Å². The van der Waals surface area contributed by atoms with Gasteiger partial charge in [-0.1, -0.05) is 24.3 Å². The number of ether oxygens (including phenoxy) is 4. The van der Waals surface area contributed by atoms with Crippen LogP contribution in [-0.4, -0.2) is 76.9 Å². The van der Waals surface area contributed by atoms with Gasteiger partial charge in [0.05, 0.1) is 44.9 Å². The van der Waals surface area contributed by atoms with E-state index in [0.29, 0.717) is 32.2 Å². The number of methoxy groups -OCH3 is 1. The maximum absolute atomic E-state index is 11.6. The third kappa shape index (κ3) is 6.08. The standard InChI is InChI=1S/C33H38N4O6/c1-21-6-4-7-27(29-8-5-9-30(35-29)37-32(40-3)28(16-34-37)33(38)39)31(21)43-19-24-11-10-23-17-36(13-12-26(23)22(24)2)18-25-20-41-14-15-42-25/h5,7-11,16,25H,4,6,12-15,17-20H2,1-3H3,(H,38,39). The number of carboxylic acid groups (broad SMARTS) is 1. The number of allylic oxidation sites excluding steroid dienone is 3. The summed E-state index contributed by atoms with van der Waals surface area (Å²) in [5.41, 5.74) is 8.10. The fourth-order valence-corrected chi connectivity index (χ4v) is 6.17. The first-order chi connectivity index (χ1) is 20.9. The van der Waals surface area contributed by atoms with Crippen LogP contribution in [0.2, 0.25) is 0 Å². The smallest absolute Gasteiger partial charge is 0.342 e. The molecule has 2 aliphatic heterocycles. The number of benzene rings is 1. The Balaban J connectivity index is 1.18. The molecule has 1 unspecified atom stereocenters. The molecule has 1 N–H and O–H groups in total. The fourth-order valence-electron chi connectivity index (χ4n) is 6.17. The van der Waals surface area contributed by atoms with E-state index in [1.54, 1.807) is 6.07 Å². The highest BCUT2D eigenvalue weighted by molar-refractivity contribution is 5.90. The van der Waals surface area contributed by atoms with Crippen LogP contribution in [0, 0.1) is 6.92 Å². The van der Waals surface area contributed by atoms with Crippen LogP contribution < -0.4 is 4.74 Å². The van der Waals surface area contributed by atoms with Gasteiger partial charge in [0.25, 0.3) is 0 Å². The zero-order chi connectivity index (χ0) is 29.9. The van der Waals surface area contributed by atoms with E-state index in [4.69, 9.17) is 23.9 Å². The predicted molar refractivity (Wildman–Crippen MR) is 160 cm³/mol. The summed E-state index contributed by atoms with van der Waals surface area (Å²) in [6, 6.07) is 10.0. The summed E-state index contributed by atoms with van der Waals surface area (Å²) in [4.78, 5) is 18.9. The Morgan fingerprint density at radius 1 is 1.16 bits per heavy atom. The highest BCUT2D eigenvalue weighted by atomic mass is 16.6. The van der Waals surface area contributed by atoms with E-state index in [9.17, 15) is 9.90 Å². The van der Waals surface area contributed by atoms with E-state index < -0.39 is 5.97 Å². The molecule has 4 heterocycles. The molecule has 226 valence electrons. The highest BCUT2D eigenvalue weighted by Gasteiger charge is 2.25. The van der Waals surface area contributed by atoms with Crippen LogP contribution in [-0.2, 0) is 33.8 Å². The van der Waals surface area contributed by atoms with Gasteiger partial charge in [-0.2, -0.15) is 9.78 Å². The second-order valence-electron chi connectivity index (χ2n) is 11.3. The number of aromatic nitrogens is 3. The van der Waals surface area contributed by atoms with Crippen molar-refractivity contribution in [1.29, 1.82) is 0 Å². The Labute approximate surface area is 251 Å². The number of hydrogen-bond donors (Lipinski definition) is 1. The zero-order valence-corrected chi connectivity index (χ0v) is 25.0. The van der Waals surface area contributed by atoms with Gasteiger partial charge in [0, 0.05) is 25.2 Å². The number of pyridine rings is 1. The molecule has 0 amide bonds. The van der Waals surface area contributed by atoms with Crippen molar-refractivity contribution in [2.24, 2.45) is 0 Å². The van der Waals surface area contributed by atoms with Gasteiger partial charge < -0.3 is 24.1 Å². The second kappa shape index (κ2) is 12.7. The Bertz CT molecular complexity index is 1570. The molecule has 1 aliphatic carbocycles. The highest BCUT2D eigenvalue weighted by Crippen LogP contribution is 2.35. The fraction of sp³-hybridized carbons (Fsp3) is 0.424. The Hall–Kier alpha value is -3.99. The number of carboxylic acids is 1. The van der Waals surface area contributed by atoms with E-state index in [1.165, 1.54) is 45.8 Å². The van der Waals surface area contributed by atoms with Crippen LogP contribution in [0.3, 0.4) is 0 Å². The van der Waals surface area contributed by atoms with Crippen molar-refractivity contribution >= 4 is 11.5 Å². The lowest BCUT2D eigenvalue weighted by molar-refractivity contribution is -0.0985. The molecule has 0 bridgehead atoms. The van der Waals surface area contributed by atoms with Gasteiger partial charge in [-0.25, -0.2) is 9.78 Å². The lowest BCUT2D eigenvalue weighted by Gasteiger charge is -2.34. The minimum atomic E-state index is -1.11. The van der Waals surface area contributed by atoms with E-state index in [-0.39, 0.29) is 17.5 Å². The third-order valence-corrected chi connectivity index (χ3v) is 8.47. The molecule has 6 rings (SSSR count).